The van der Waals surface area contributed by atoms with Gasteiger partial charge in [-0.2, -0.15) is 11.8 Å². The van der Waals surface area contributed by atoms with E-state index in [4.69, 9.17) is 17.3 Å². The van der Waals surface area contributed by atoms with Crippen molar-refractivity contribution in [2.45, 2.75) is 19.1 Å². The van der Waals surface area contributed by atoms with Crippen molar-refractivity contribution in [3.05, 3.63) is 11.3 Å². The molecule has 2 rings (SSSR count). The number of nitrogen functional groups attached to an aromatic ring is 1. The third-order valence-electron chi connectivity index (χ3n) is 2.93. The Bertz CT molecular complexity index is 399. The van der Waals surface area contributed by atoms with Crippen molar-refractivity contribution in [3.63, 3.8) is 0 Å². The highest BCUT2D eigenvalue weighted by Gasteiger charge is 2.25. The molecule has 0 spiro atoms. The number of nitrogens with zero attached hydrogens (tertiary/aromatic N) is 3. The fourth-order valence-electron chi connectivity index (χ4n) is 1.87. The van der Waals surface area contributed by atoms with Gasteiger partial charge in [0.2, 0.25) is 0 Å². The van der Waals surface area contributed by atoms with Gasteiger partial charge in [-0.3, -0.25) is 0 Å². The quantitative estimate of drug-likeness (QED) is 0.895. The number of rotatable bonds is 2. The Labute approximate surface area is 111 Å². The Hall–Kier alpha value is -0.680. The zero-order valence-corrected chi connectivity index (χ0v) is 11.6. The van der Waals surface area contributed by atoms with E-state index in [9.17, 15) is 0 Å². The number of hydrogen-bond donors (Lipinski definition) is 1. The van der Waals surface area contributed by atoms with Crippen LogP contribution in [0.1, 0.15) is 13.8 Å². The maximum absolute atomic E-state index is 6.16. The van der Waals surface area contributed by atoms with Crippen LogP contribution in [0.2, 0.25) is 5.02 Å². The van der Waals surface area contributed by atoms with Crippen LogP contribution in [0.25, 0.3) is 0 Å². The van der Waals surface area contributed by atoms with Gasteiger partial charge in [-0.1, -0.05) is 25.4 Å². The van der Waals surface area contributed by atoms with Crippen LogP contribution in [0.4, 0.5) is 11.6 Å². The Morgan fingerprint density at radius 3 is 3.00 bits per heavy atom. The predicted molar refractivity (Wildman–Crippen MR) is 74.8 cm³/mol. The number of hydrogen-bond acceptors (Lipinski definition) is 5. The molecule has 0 aromatic carbocycles. The molecular weight excluding hydrogens is 256 g/mol. The molecule has 0 bridgehead atoms. The fourth-order valence-corrected chi connectivity index (χ4v) is 3.38. The van der Waals surface area contributed by atoms with E-state index in [1.165, 1.54) is 6.33 Å². The van der Waals surface area contributed by atoms with E-state index >= 15 is 0 Å². The highest BCUT2D eigenvalue weighted by molar-refractivity contribution is 8.00. The first-order valence-electron chi connectivity index (χ1n) is 5.72. The summed E-state index contributed by atoms with van der Waals surface area (Å²) in [5, 5.41) is 1.10. The van der Waals surface area contributed by atoms with Crippen LogP contribution in [0.5, 0.6) is 0 Å². The van der Waals surface area contributed by atoms with Gasteiger partial charge in [0.15, 0.2) is 5.82 Å². The molecule has 1 saturated heterocycles. The highest BCUT2D eigenvalue weighted by Crippen LogP contribution is 2.32. The molecule has 1 atom stereocenters. The average Bonchev–Trinajstić information content (AvgIpc) is 2.33. The van der Waals surface area contributed by atoms with E-state index in [0.717, 1.165) is 24.7 Å². The molecule has 1 aliphatic heterocycles. The second-order valence-electron chi connectivity index (χ2n) is 4.50. The third kappa shape index (κ3) is 2.77. The maximum atomic E-state index is 6.16. The minimum atomic E-state index is 0.357. The molecular formula is C11H17ClN4S. The molecule has 2 heterocycles. The van der Waals surface area contributed by atoms with Crippen molar-refractivity contribution >= 4 is 35.0 Å². The van der Waals surface area contributed by atoms with Crippen molar-refractivity contribution in [1.29, 1.82) is 0 Å². The van der Waals surface area contributed by atoms with Gasteiger partial charge in [-0.25, -0.2) is 9.97 Å². The normalized spacial score (nSPS) is 20.9. The molecule has 1 unspecified atom stereocenters. The van der Waals surface area contributed by atoms with Gasteiger partial charge in [-0.05, 0) is 5.92 Å². The van der Waals surface area contributed by atoms with Gasteiger partial charge in [0, 0.05) is 24.1 Å². The molecule has 94 valence electrons. The molecule has 17 heavy (non-hydrogen) atoms. The lowest BCUT2D eigenvalue weighted by Gasteiger charge is -2.35. The summed E-state index contributed by atoms with van der Waals surface area (Å²) in [7, 11) is 0. The van der Waals surface area contributed by atoms with Crippen LogP contribution in [0.3, 0.4) is 0 Å². The Kier molecular flexibility index (Phi) is 3.99. The van der Waals surface area contributed by atoms with Crippen LogP contribution in [-0.4, -0.2) is 34.1 Å². The highest BCUT2D eigenvalue weighted by atomic mass is 35.5. The van der Waals surface area contributed by atoms with Gasteiger partial charge in [-0.15, -0.1) is 0 Å². The van der Waals surface area contributed by atoms with E-state index in [2.05, 4.69) is 28.7 Å². The fraction of sp³-hybridized carbons (Fsp3) is 0.636. The molecule has 1 aromatic heterocycles. The van der Waals surface area contributed by atoms with Crippen molar-refractivity contribution in [2.24, 2.45) is 5.92 Å². The standard InChI is InChI=1S/C11H17ClN4S/c1-7(2)8-5-16(3-4-17-8)11-9(12)10(13)14-6-15-11/h6-8H,3-5H2,1-2H3,(H2,13,14,15). The first-order valence-corrected chi connectivity index (χ1v) is 7.14. The second kappa shape index (κ2) is 5.31. The monoisotopic (exact) mass is 272 g/mol. The molecule has 1 fully saturated rings. The van der Waals surface area contributed by atoms with E-state index in [1.54, 1.807) is 0 Å². The van der Waals surface area contributed by atoms with E-state index in [-0.39, 0.29) is 0 Å². The molecule has 6 heteroatoms. The lowest BCUT2D eigenvalue weighted by molar-refractivity contribution is 0.580. The molecule has 0 aliphatic carbocycles. The number of halogens is 1. The molecule has 2 N–H and O–H groups in total. The van der Waals surface area contributed by atoms with Gasteiger partial charge in [0.05, 0.1) is 0 Å². The zero-order valence-electron chi connectivity index (χ0n) is 10.1. The van der Waals surface area contributed by atoms with E-state index < -0.39 is 0 Å². The molecule has 4 nitrogen and oxygen atoms in total. The van der Waals surface area contributed by atoms with Crippen LogP contribution >= 0.6 is 23.4 Å². The van der Waals surface area contributed by atoms with Crippen LogP contribution in [0, 0.1) is 5.92 Å². The lowest BCUT2D eigenvalue weighted by atomic mass is 10.1. The minimum Gasteiger partial charge on any atom is -0.382 e. The van der Waals surface area contributed by atoms with Gasteiger partial charge < -0.3 is 10.6 Å². The van der Waals surface area contributed by atoms with Crippen molar-refractivity contribution in [3.8, 4) is 0 Å². The number of aromatic nitrogens is 2. The minimum absolute atomic E-state index is 0.357. The second-order valence-corrected chi connectivity index (χ2v) is 6.22. The van der Waals surface area contributed by atoms with Gasteiger partial charge in [0.25, 0.3) is 0 Å². The third-order valence-corrected chi connectivity index (χ3v) is 4.84. The Balaban J connectivity index is 2.19. The average molecular weight is 273 g/mol. The molecule has 0 amide bonds. The SMILES string of the molecule is CC(C)C1CN(c2ncnc(N)c2Cl)CCS1. The zero-order chi connectivity index (χ0) is 12.4. The molecule has 1 aromatic rings. The van der Waals surface area contributed by atoms with E-state index in [0.29, 0.717) is 22.0 Å². The Morgan fingerprint density at radius 1 is 1.53 bits per heavy atom. The number of nitrogens with two attached hydrogens (primary N) is 1. The predicted octanol–water partition coefficient (Wildman–Crippen LogP) is 2.29. The lowest BCUT2D eigenvalue weighted by Crippen LogP contribution is -2.40. The summed E-state index contributed by atoms with van der Waals surface area (Å²) in [6, 6.07) is 0. The summed E-state index contributed by atoms with van der Waals surface area (Å²) in [6.45, 7) is 6.43. The van der Waals surface area contributed by atoms with Crippen LogP contribution in [-0.2, 0) is 0 Å². The summed E-state index contributed by atoms with van der Waals surface area (Å²) in [6.07, 6.45) is 1.47. The summed E-state index contributed by atoms with van der Waals surface area (Å²) >= 11 is 8.18. The summed E-state index contributed by atoms with van der Waals surface area (Å²) < 4.78 is 0. The number of anilines is 2. The molecule has 0 radical (unpaired) electrons. The Morgan fingerprint density at radius 2 is 2.29 bits per heavy atom. The maximum Gasteiger partial charge on any atom is 0.153 e. The topological polar surface area (TPSA) is 55.0 Å². The van der Waals surface area contributed by atoms with Gasteiger partial charge in [0.1, 0.15) is 17.2 Å². The summed E-state index contributed by atoms with van der Waals surface area (Å²) in [5.74, 6) is 2.88. The summed E-state index contributed by atoms with van der Waals surface area (Å²) in [5.41, 5.74) is 5.71. The number of thioether (sulfide) groups is 1. The van der Waals surface area contributed by atoms with Crippen LogP contribution < -0.4 is 10.6 Å². The van der Waals surface area contributed by atoms with Gasteiger partial charge >= 0.3 is 0 Å². The van der Waals surface area contributed by atoms with Crippen LogP contribution in [0.15, 0.2) is 6.33 Å². The largest absolute Gasteiger partial charge is 0.382 e. The van der Waals surface area contributed by atoms with Crippen molar-refractivity contribution in [1.82, 2.24) is 9.97 Å². The van der Waals surface area contributed by atoms with Crippen molar-refractivity contribution in [2.75, 3.05) is 29.5 Å². The molecule has 1 aliphatic rings. The van der Waals surface area contributed by atoms with E-state index in [1.807, 2.05) is 11.8 Å². The summed E-state index contributed by atoms with van der Waals surface area (Å²) in [4.78, 5) is 10.4. The first-order chi connectivity index (χ1) is 8.09. The smallest absolute Gasteiger partial charge is 0.153 e. The van der Waals surface area contributed by atoms with Crippen molar-refractivity contribution < 1.29 is 0 Å². The molecule has 0 saturated carbocycles. The first kappa shape index (κ1) is 12.8.